The maximum absolute atomic E-state index is 12.1. The van der Waals surface area contributed by atoms with Gasteiger partial charge in [0.2, 0.25) is 0 Å². The van der Waals surface area contributed by atoms with Crippen LogP contribution >= 0.6 is 0 Å². The summed E-state index contributed by atoms with van der Waals surface area (Å²) in [6, 6.07) is 4.17. The van der Waals surface area contributed by atoms with Gasteiger partial charge in [-0.25, -0.2) is 0 Å². The van der Waals surface area contributed by atoms with Crippen molar-refractivity contribution in [1.29, 1.82) is 0 Å². The molecule has 2 amide bonds. The molecular formula is C18H30N4O3. The third-order valence-corrected chi connectivity index (χ3v) is 4.66. The van der Waals surface area contributed by atoms with Gasteiger partial charge in [0.15, 0.2) is 0 Å². The number of hydrogen-bond acceptors (Lipinski definition) is 4. The smallest absolute Gasteiger partial charge is 0.309 e. The number of ether oxygens (including phenoxy) is 1. The molecule has 1 aromatic rings. The molecule has 1 aliphatic rings. The molecule has 1 saturated heterocycles. The van der Waals surface area contributed by atoms with Crippen LogP contribution in [0.3, 0.4) is 0 Å². The number of aryl methyl sites for hydroxylation is 1. The SMILES string of the molecule is COCCNC(=O)C(=O)NC[C@H](c1cccn1C)N1CCCCCC1. The standard InChI is InChI=1S/C18H30N4O3/c1-21-10-7-8-15(21)16(22-11-5-3-4-6-12-22)14-20-18(24)17(23)19-9-13-25-2/h7-8,10,16H,3-6,9,11-14H2,1-2H3,(H,19,23)(H,20,24)/t16-/m1/s1. The van der Waals surface area contributed by atoms with E-state index in [4.69, 9.17) is 4.74 Å². The fourth-order valence-corrected chi connectivity index (χ4v) is 3.26. The summed E-state index contributed by atoms with van der Waals surface area (Å²) in [4.78, 5) is 26.3. The number of likely N-dealkylation sites (tertiary alicyclic amines) is 1. The Morgan fingerprint density at radius 2 is 1.84 bits per heavy atom. The molecule has 0 radical (unpaired) electrons. The van der Waals surface area contributed by atoms with E-state index in [2.05, 4.69) is 26.2 Å². The second kappa shape index (κ2) is 10.2. The van der Waals surface area contributed by atoms with Crippen molar-refractivity contribution in [3.63, 3.8) is 0 Å². The molecule has 25 heavy (non-hydrogen) atoms. The summed E-state index contributed by atoms with van der Waals surface area (Å²) in [5.41, 5.74) is 1.15. The molecule has 0 unspecified atom stereocenters. The van der Waals surface area contributed by atoms with E-state index in [1.165, 1.54) is 25.7 Å². The van der Waals surface area contributed by atoms with Crippen LogP contribution in [-0.2, 0) is 21.4 Å². The van der Waals surface area contributed by atoms with Crippen LogP contribution in [0.2, 0.25) is 0 Å². The maximum Gasteiger partial charge on any atom is 0.309 e. The molecule has 0 saturated carbocycles. The Balaban J connectivity index is 1.97. The van der Waals surface area contributed by atoms with Crippen LogP contribution in [0.1, 0.15) is 37.4 Å². The first-order chi connectivity index (χ1) is 12.1. The monoisotopic (exact) mass is 350 g/mol. The Labute approximate surface area is 149 Å². The molecule has 2 N–H and O–H groups in total. The number of methoxy groups -OCH3 is 1. The van der Waals surface area contributed by atoms with Crippen molar-refractivity contribution < 1.29 is 14.3 Å². The van der Waals surface area contributed by atoms with Crippen molar-refractivity contribution in [3.8, 4) is 0 Å². The number of nitrogens with zero attached hydrogens (tertiary/aromatic N) is 2. The maximum atomic E-state index is 12.1. The Bertz CT molecular complexity index is 550. The second-order valence-corrected chi connectivity index (χ2v) is 6.47. The lowest BCUT2D eigenvalue weighted by atomic mass is 10.1. The largest absolute Gasteiger partial charge is 0.383 e. The van der Waals surface area contributed by atoms with Crippen molar-refractivity contribution in [2.24, 2.45) is 7.05 Å². The topological polar surface area (TPSA) is 75.6 Å². The quantitative estimate of drug-likeness (QED) is 0.564. The fourth-order valence-electron chi connectivity index (χ4n) is 3.26. The molecule has 7 heteroatoms. The van der Waals surface area contributed by atoms with Gasteiger partial charge in [-0.1, -0.05) is 12.8 Å². The Hall–Kier alpha value is -1.86. The van der Waals surface area contributed by atoms with Gasteiger partial charge in [0.25, 0.3) is 0 Å². The zero-order valence-corrected chi connectivity index (χ0v) is 15.3. The molecule has 2 rings (SSSR count). The average Bonchev–Trinajstić information content (AvgIpc) is 2.86. The van der Waals surface area contributed by atoms with E-state index in [-0.39, 0.29) is 6.04 Å². The van der Waals surface area contributed by atoms with Crippen LogP contribution in [-0.4, -0.2) is 61.2 Å². The molecule has 0 aromatic carbocycles. The first-order valence-electron chi connectivity index (χ1n) is 9.03. The van der Waals surface area contributed by atoms with E-state index in [0.29, 0.717) is 19.7 Å². The summed E-state index contributed by atoms with van der Waals surface area (Å²) in [5, 5.41) is 5.34. The lowest BCUT2D eigenvalue weighted by molar-refractivity contribution is -0.139. The van der Waals surface area contributed by atoms with Gasteiger partial charge in [-0.2, -0.15) is 0 Å². The number of carbonyl (C=O) groups is 2. The normalized spacial score (nSPS) is 16.9. The highest BCUT2D eigenvalue weighted by molar-refractivity contribution is 6.35. The van der Waals surface area contributed by atoms with Crippen LogP contribution < -0.4 is 10.6 Å². The fraction of sp³-hybridized carbons (Fsp3) is 0.667. The van der Waals surface area contributed by atoms with Crippen molar-refractivity contribution in [3.05, 3.63) is 24.0 Å². The highest BCUT2D eigenvalue weighted by Gasteiger charge is 2.25. The number of carbonyl (C=O) groups excluding carboxylic acids is 2. The number of aromatic nitrogens is 1. The van der Waals surface area contributed by atoms with Crippen LogP contribution in [0.4, 0.5) is 0 Å². The Kier molecular flexibility index (Phi) is 7.94. The molecule has 7 nitrogen and oxygen atoms in total. The molecule has 1 aliphatic heterocycles. The van der Waals surface area contributed by atoms with Gasteiger partial charge >= 0.3 is 11.8 Å². The number of hydrogen-bond donors (Lipinski definition) is 2. The van der Waals surface area contributed by atoms with Gasteiger partial charge in [0.05, 0.1) is 12.6 Å². The van der Waals surface area contributed by atoms with Crippen LogP contribution in [0, 0.1) is 0 Å². The van der Waals surface area contributed by atoms with Crippen molar-refractivity contribution >= 4 is 11.8 Å². The summed E-state index contributed by atoms with van der Waals surface area (Å²) in [6.45, 7) is 3.18. The van der Waals surface area contributed by atoms with Gasteiger partial charge in [0.1, 0.15) is 0 Å². The van der Waals surface area contributed by atoms with Crippen molar-refractivity contribution in [1.82, 2.24) is 20.1 Å². The Morgan fingerprint density at radius 3 is 2.44 bits per heavy atom. The van der Waals surface area contributed by atoms with Gasteiger partial charge in [0, 0.05) is 39.1 Å². The number of amides is 2. The van der Waals surface area contributed by atoms with Crippen molar-refractivity contribution in [2.75, 3.05) is 39.9 Å². The zero-order valence-electron chi connectivity index (χ0n) is 15.3. The summed E-state index contributed by atoms with van der Waals surface area (Å²) in [7, 11) is 3.57. The van der Waals surface area contributed by atoms with E-state index in [0.717, 1.165) is 18.8 Å². The molecule has 1 aromatic heterocycles. The number of nitrogens with one attached hydrogen (secondary N) is 2. The molecule has 0 spiro atoms. The van der Waals surface area contributed by atoms with Crippen LogP contribution in [0.15, 0.2) is 18.3 Å². The molecule has 0 bridgehead atoms. The zero-order chi connectivity index (χ0) is 18.1. The molecule has 0 aliphatic carbocycles. The highest BCUT2D eigenvalue weighted by atomic mass is 16.5. The minimum absolute atomic E-state index is 0.0776. The third kappa shape index (κ3) is 5.86. The van der Waals surface area contributed by atoms with Crippen LogP contribution in [0.25, 0.3) is 0 Å². The first kappa shape index (κ1) is 19.5. The lowest BCUT2D eigenvalue weighted by Gasteiger charge is -2.31. The summed E-state index contributed by atoms with van der Waals surface area (Å²) in [5.74, 6) is -1.20. The number of rotatable bonds is 7. The summed E-state index contributed by atoms with van der Waals surface area (Å²) < 4.78 is 6.95. The predicted octanol–water partition coefficient (Wildman–Crippen LogP) is 0.821. The predicted molar refractivity (Wildman–Crippen MR) is 96.1 cm³/mol. The van der Waals surface area contributed by atoms with E-state index < -0.39 is 11.8 Å². The minimum Gasteiger partial charge on any atom is -0.383 e. The third-order valence-electron chi connectivity index (χ3n) is 4.66. The average molecular weight is 350 g/mol. The summed E-state index contributed by atoms with van der Waals surface area (Å²) in [6.07, 6.45) is 6.87. The molecule has 2 heterocycles. The van der Waals surface area contributed by atoms with E-state index in [1.54, 1.807) is 7.11 Å². The van der Waals surface area contributed by atoms with Gasteiger partial charge in [-0.15, -0.1) is 0 Å². The first-order valence-corrected chi connectivity index (χ1v) is 9.03. The Morgan fingerprint density at radius 1 is 1.16 bits per heavy atom. The van der Waals surface area contributed by atoms with Gasteiger partial charge in [-0.3, -0.25) is 14.5 Å². The van der Waals surface area contributed by atoms with Crippen molar-refractivity contribution in [2.45, 2.75) is 31.7 Å². The van der Waals surface area contributed by atoms with E-state index >= 15 is 0 Å². The lowest BCUT2D eigenvalue weighted by Crippen LogP contribution is -2.45. The molecular weight excluding hydrogens is 320 g/mol. The summed E-state index contributed by atoms with van der Waals surface area (Å²) >= 11 is 0. The second-order valence-electron chi connectivity index (χ2n) is 6.47. The minimum atomic E-state index is -0.612. The van der Waals surface area contributed by atoms with Crippen LogP contribution in [0.5, 0.6) is 0 Å². The molecule has 1 fully saturated rings. The molecule has 140 valence electrons. The van der Waals surface area contributed by atoms with Gasteiger partial charge in [-0.05, 0) is 38.1 Å². The molecule has 1 atom stereocenters. The van der Waals surface area contributed by atoms with E-state index in [9.17, 15) is 9.59 Å². The van der Waals surface area contributed by atoms with Gasteiger partial charge < -0.3 is 19.9 Å². The highest BCUT2D eigenvalue weighted by Crippen LogP contribution is 2.23. The van der Waals surface area contributed by atoms with E-state index in [1.807, 2.05) is 19.3 Å².